The summed E-state index contributed by atoms with van der Waals surface area (Å²) in [4.78, 5) is 8.96. The standard InChI is InChI=1S/C25H24FN5O2S/c1-16-4-7-21(8-5-16)29-25-27-18(3)15-24(30-25)28-20-9-11-22(12-10-20)31-34(32,33)23-13-6-19(26)14-17(23)2/h4-15,31H,1-3H3,(H2,27,28,29,30). The van der Waals surface area contributed by atoms with Gasteiger partial charge in [-0.1, -0.05) is 17.7 Å². The van der Waals surface area contributed by atoms with E-state index < -0.39 is 15.8 Å². The number of halogens is 1. The first-order valence-corrected chi connectivity index (χ1v) is 12.0. The van der Waals surface area contributed by atoms with E-state index in [0.29, 0.717) is 23.0 Å². The molecule has 4 aromatic rings. The first-order valence-electron chi connectivity index (χ1n) is 10.5. The summed E-state index contributed by atoms with van der Waals surface area (Å²) >= 11 is 0. The number of aryl methyl sites for hydroxylation is 3. The third-order valence-electron chi connectivity index (χ3n) is 5.00. The molecule has 1 heterocycles. The van der Waals surface area contributed by atoms with E-state index in [9.17, 15) is 12.8 Å². The highest BCUT2D eigenvalue weighted by Gasteiger charge is 2.17. The molecule has 4 rings (SSSR count). The van der Waals surface area contributed by atoms with Gasteiger partial charge in [-0.15, -0.1) is 0 Å². The molecule has 7 nitrogen and oxygen atoms in total. The fraction of sp³-hybridized carbons (Fsp3) is 0.120. The minimum Gasteiger partial charge on any atom is -0.340 e. The summed E-state index contributed by atoms with van der Waals surface area (Å²) in [6, 6.07) is 20.1. The number of anilines is 5. The van der Waals surface area contributed by atoms with Gasteiger partial charge in [-0.3, -0.25) is 4.72 Å². The Balaban J connectivity index is 1.47. The lowest BCUT2D eigenvalue weighted by Crippen LogP contribution is -2.14. The van der Waals surface area contributed by atoms with Crippen LogP contribution < -0.4 is 15.4 Å². The first-order chi connectivity index (χ1) is 16.2. The zero-order valence-corrected chi connectivity index (χ0v) is 19.7. The number of hydrogen-bond donors (Lipinski definition) is 3. The van der Waals surface area contributed by atoms with E-state index in [1.54, 1.807) is 31.2 Å². The summed E-state index contributed by atoms with van der Waals surface area (Å²) in [5, 5.41) is 6.40. The Hall–Kier alpha value is -3.98. The molecule has 0 aliphatic rings. The van der Waals surface area contributed by atoms with E-state index in [4.69, 9.17) is 0 Å². The first kappa shape index (κ1) is 23.2. The van der Waals surface area contributed by atoms with Crippen molar-refractivity contribution in [2.75, 3.05) is 15.4 Å². The van der Waals surface area contributed by atoms with Crippen LogP contribution in [0.25, 0.3) is 0 Å². The molecule has 0 spiro atoms. The van der Waals surface area contributed by atoms with Gasteiger partial charge in [-0.2, -0.15) is 4.98 Å². The molecule has 0 atom stereocenters. The smallest absolute Gasteiger partial charge is 0.262 e. The highest BCUT2D eigenvalue weighted by atomic mass is 32.2. The number of aromatic nitrogens is 2. The van der Waals surface area contributed by atoms with Crippen LogP contribution in [-0.4, -0.2) is 18.4 Å². The lowest BCUT2D eigenvalue weighted by Gasteiger charge is -2.12. The Morgan fingerprint density at radius 1 is 0.735 bits per heavy atom. The minimum absolute atomic E-state index is 0.0289. The number of sulfonamides is 1. The molecular formula is C25H24FN5O2S. The van der Waals surface area contributed by atoms with Gasteiger partial charge in [0.25, 0.3) is 10.0 Å². The van der Waals surface area contributed by atoms with Crippen LogP contribution in [0.15, 0.2) is 77.7 Å². The van der Waals surface area contributed by atoms with Crippen LogP contribution >= 0.6 is 0 Å². The molecule has 0 bridgehead atoms. The van der Waals surface area contributed by atoms with E-state index in [1.807, 2.05) is 44.2 Å². The maximum Gasteiger partial charge on any atom is 0.262 e. The average molecular weight is 478 g/mol. The molecule has 34 heavy (non-hydrogen) atoms. The highest BCUT2D eigenvalue weighted by molar-refractivity contribution is 7.92. The molecule has 3 N–H and O–H groups in total. The maximum atomic E-state index is 13.3. The van der Waals surface area contributed by atoms with Crippen LogP contribution in [0.2, 0.25) is 0 Å². The summed E-state index contributed by atoms with van der Waals surface area (Å²) in [7, 11) is -3.84. The van der Waals surface area contributed by atoms with Gasteiger partial charge in [0.2, 0.25) is 5.95 Å². The zero-order chi connectivity index (χ0) is 24.3. The molecule has 0 saturated carbocycles. The number of nitrogens with one attached hydrogen (secondary N) is 3. The molecule has 1 aromatic heterocycles. The third kappa shape index (κ3) is 5.68. The summed E-state index contributed by atoms with van der Waals surface area (Å²) < 4.78 is 41.2. The van der Waals surface area contributed by atoms with E-state index in [2.05, 4.69) is 25.3 Å². The Labute approximate surface area is 198 Å². The van der Waals surface area contributed by atoms with Crippen LogP contribution in [0.1, 0.15) is 16.8 Å². The van der Waals surface area contributed by atoms with Crippen LogP contribution in [0.4, 0.5) is 33.2 Å². The van der Waals surface area contributed by atoms with Crippen molar-refractivity contribution >= 4 is 38.9 Å². The second kappa shape index (κ2) is 9.48. The normalized spacial score (nSPS) is 11.2. The predicted molar refractivity (Wildman–Crippen MR) is 133 cm³/mol. The van der Waals surface area contributed by atoms with Crippen molar-refractivity contribution in [1.82, 2.24) is 9.97 Å². The SMILES string of the molecule is Cc1ccc(Nc2nc(C)cc(Nc3ccc(NS(=O)(=O)c4ccc(F)cc4C)cc3)n2)cc1. The van der Waals surface area contributed by atoms with E-state index in [1.165, 1.54) is 12.1 Å². The molecule has 0 unspecified atom stereocenters. The van der Waals surface area contributed by atoms with Crippen molar-refractivity contribution in [3.05, 3.63) is 95.4 Å². The van der Waals surface area contributed by atoms with Gasteiger partial charge in [0.1, 0.15) is 11.6 Å². The second-order valence-electron chi connectivity index (χ2n) is 7.93. The molecule has 0 radical (unpaired) electrons. The number of rotatable bonds is 7. The van der Waals surface area contributed by atoms with Crippen molar-refractivity contribution in [1.29, 1.82) is 0 Å². The number of nitrogens with zero attached hydrogens (tertiary/aromatic N) is 2. The quantitative estimate of drug-likeness (QED) is 0.310. The minimum atomic E-state index is -3.84. The Morgan fingerprint density at radius 3 is 2.03 bits per heavy atom. The Bertz CT molecular complexity index is 1420. The fourth-order valence-corrected chi connectivity index (χ4v) is 4.63. The fourth-order valence-electron chi connectivity index (χ4n) is 3.35. The van der Waals surface area contributed by atoms with Gasteiger partial charge in [-0.25, -0.2) is 17.8 Å². The summed E-state index contributed by atoms with van der Waals surface area (Å²) in [5.41, 5.74) is 4.27. The van der Waals surface area contributed by atoms with Crippen molar-refractivity contribution in [2.45, 2.75) is 25.7 Å². The van der Waals surface area contributed by atoms with Crippen molar-refractivity contribution in [2.24, 2.45) is 0 Å². The van der Waals surface area contributed by atoms with Crippen LogP contribution in [0.3, 0.4) is 0 Å². The van der Waals surface area contributed by atoms with Crippen molar-refractivity contribution in [3.8, 4) is 0 Å². The Morgan fingerprint density at radius 2 is 1.35 bits per heavy atom. The van der Waals surface area contributed by atoms with Gasteiger partial charge in [0.15, 0.2) is 0 Å². The molecular weight excluding hydrogens is 453 g/mol. The van der Waals surface area contributed by atoms with Gasteiger partial charge in [0, 0.05) is 28.8 Å². The lowest BCUT2D eigenvalue weighted by molar-refractivity contribution is 0.598. The van der Waals surface area contributed by atoms with Crippen molar-refractivity contribution < 1.29 is 12.8 Å². The third-order valence-corrected chi connectivity index (χ3v) is 6.54. The number of benzene rings is 3. The summed E-state index contributed by atoms with van der Waals surface area (Å²) in [5.74, 6) is 0.576. The molecule has 3 aromatic carbocycles. The highest BCUT2D eigenvalue weighted by Crippen LogP contribution is 2.24. The molecule has 0 saturated heterocycles. The Kier molecular flexibility index (Phi) is 6.47. The van der Waals surface area contributed by atoms with Crippen LogP contribution in [-0.2, 0) is 10.0 Å². The maximum absolute atomic E-state index is 13.3. The molecule has 9 heteroatoms. The largest absolute Gasteiger partial charge is 0.340 e. The van der Waals surface area contributed by atoms with E-state index in [-0.39, 0.29) is 4.90 Å². The topological polar surface area (TPSA) is 96.0 Å². The molecule has 0 amide bonds. The van der Waals surface area contributed by atoms with E-state index >= 15 is 0 Å². The zero-order valence-electron chi connectivity index (χ0n) is 18.9. The van der Waals surface area contributed by atoms with Crippen LogP contribution in [0.5, 0.6) is 0 Å². The molecule has 0 aliphatic heterocycles. The van der Waals surface area contributed by atoms with Crippen LogP contribution in [0, 0.1) is 26.6 Å². The predicted octanol–water partition coefficient (Wildman–Crippen LogP) is 5.83. The second-order valence-corrected chi connectivity index (χ2v) is 9.58. The number of hydrogen-bond acceptors (Lipinski definition) is 6. The van der Waals surface area contributed by atoms with Gasteiger partial charge < -0.3 is 10.6 Å². The lowest BCUT2D eigenvalue weighted by atomic mass is 10.2. The van der Waals surface area contributed by atoms with Gasteiger partial charge in [0.05, 0.1) is 4.90 Å². The molecule has 0 fully saturated rings. The molecule has 174 valence electrons. The summed E-state index contributed by atoms with van der Waals surface area (Å²) in [6.45, 7) is 5.45. The van der Waals surface area contributed by atoms with Gasteiger partial charge in [-0.05, 0) is 80.9 Å². The van der Waals surface area contributed by atoms with Gasteiger partial charge >= 0.3 is 0 Å². The molecule has 0 aliphatic carbocycles. The van der Waals surface area contributed by atoms with Crippen molar-refractivity contribution in [3.63, 3.8) is 0 Å². The average Bonchev–Trinajstić information content (AvgIpc) is 2.76. The summed E-state index contributed by atoms with van der Waals surface area (Å²) in [6.07, 6.45) is 0. The van der Waals surface area contributed by atoms with E-state index in [0.717, 1.165) is 28.7 Å². The monoisotopic (exact) mass is 477 g/mol.